The molecule has 0 aromatic heterocycles. The standard InChI is InChI=1S/C18H28N2O2/c1-10(2)19-5-4-14-15(16(14)18(19)22)6-11(3)20-9-12-7-13(8-12)17(20)21/h10-16H,4-9H2,1-3H3. The SMILES string of the molecule is CC(C)N1CCC2C(CC(C)N3CC4CC(C4)C3=O)C2C1=O. The molecule has 5 rings (SSSR count). The van der Waals surface area contributed by atoms with Crippen LogP contribution in [0.25, 0.3) is 0 Å². The van der Waals surface area contributed by atoms with Crippen molar-refractivity contribution in [3.8, 4) is 0 Å². The Morgan fingerprint density at radius 2 is 1.82 bits per heavy atom. The molecule has 4 heteroatoms. The number of piperidine rings is 3. The van der Waals surface area contributed by atoms with Gasteiger partial charge in [0.1, 0.15) is 0 Å². The third-order valence-corrected chi connectivity index (χ3v) is 6.69. The molecule has 22 heavy (non-hydrogen) atoms. The van der Waals surface area contributed by atoms with E-state index in [2.05, 4.69) is 25.7 Å². The highest BCUT2D eigenvalue weighted by atomic mass is 16.2. The number of hydrogen-bond donors (Lipinski definition) is 0. The van der Waals surface area contributed by atoms with Gasteiger partial charge in [0.05, 0.1) is 0 Å². The van der Waals surface area contributed by atoms with Crippen LogP contribution in [-0.2, 0) is 9.59 Å². The fraction of sp³-hybridized carbons (Fsp3) is 0.889. The lowest BCUT2D eigenvalue weighted by molar-refractivity contribution is -0.152. The van der Waals surface area contributed by atoms with Crippen molar-refractivity contribution in [3.63, 3.8) is 0 Å². The summed E-state index contributed by atoms with van der Waals surface area (Å²) >= 11 is 0. The van der Waals surface area contributed by atoms with E-state index in [0.29, 0.717) is 41.7 Å². The van der Waals surface area contributed by atoms with Crippen LogP contribution in [0, 0.1) is 29.6 Å². The van der Waals surface area contributed by atoms with E-state index in [0.717, 1.165) is 44.7 Å². The molecule has 3 aliphatic heterocycles. The molecule has 4 unspecified atom stereocenters. The fourth-order valence-electron chi connectivity index (χ4n) is 5.24. The fourth-order valence-corrected chi connectivity index (χ4v) is 5.24. The van der Waals surface area contributed by atoms with Gasteiger partial charge in [-0.05, 0) is 64.2 Å². The van der Waals surface area contributed by atoms with Gasteiger partial charge in [-0.25, -0.2) is 0 Å². The second-order valence-electron chi connectivity index (χ2n) is 8.38. The molecule has 5 fully saturated rings. The van der Waals surface area contributed by atoms with Crippen LogP contribution in [0.2, 0.25) is 0 Å². The van der Waals surface area contributed by atoms with Gasteiger partial charge in [0.25, 0.3) is 0 Å². The average Bonchev–Trinajstić information content (AvgIpc) is 3.11. The van der Waals surface area contributed by atoms with Gasteiger partial charge >= 0.3 is 0 Å². The van der Waals surface area contributed by atoms with Gasteiger partial charge in [0, 0.05) is 37.0 Å². The third-order valence-electron chi connectivity index (χ3n) is 6.69. The van der Waals surface area contributed by atoms with Gasteiger partial charge in [0.2, 0.25) is 11.8 Å². The largest absolute Gasteiger partial charge is 0.340 e. The van der Waals surface area contributed by atoms with Gasteiger partial charge in [-0.2, -0.15) is 0 Å². The van der Waals surface area contributed by atoms with Crippen LogP contribution in [0.4, 0.5) is 0 Å². The molecular formula is C18H28N2O2. The van der Waals surface area contributed by atoms with Crippen LogP contribution in [0.15, 0.2) is 0 Å². The summed E-state index contributed by atoms with van der Waals surface area (Å²) < 4.78 is 0. The number of nitrogens with zero attached hydrogens (tertiary/aromatic N) is 2. The number of amides is 2. The van der Waals surface area contributed by atoms with Crippen molar-refractivity contribution in [2.75, 3.05) is 13.1 Å². The highest BCUT2D eigenvalue weighted by Gasteiger charge is 2.58. The lowest BCUT2D eigenvalue weighted by Crippen LogP contribution is -2.55. The summed E-state index contributed by atoms with van der Waals surface area (Å²) in [5, 5.41) is 0. The first-order valence-corrected chi connectivity index (χ1v) is 9.08. The number of likely N-dealkylation sites (tertiary alicyclic amines) is 1. The molecular weight excluding hydrogens is 276 g/mol. The molecule has 0 N–H and O–H groups in total. The van der Waals surface area contributed by atoms with Crippen LogP contribution in [0.1, 0.15) is 46.5 Å². The van der Waals surface area contributed by atoms with E-state index < -0.39 is 0 Å². The predicted molar refractivity (Wildman–Crippen MR) is 83.9 cm³/mol. The average molecular weight is 304 g/mol. The van der Waals surface area contributed by atoms with Gasteiger partial charge in [-0.3, -0.25) is 9.59 Å². The Bertz CT molecular complexity index is 497. The van der Waals surface area contributed by atoms with Crippen LogP contribution >= 0.6 is 0 Å². The predicted octanol–water partition coefficient (Wildman–Crippen LogP) is 2.14. The van der Waals surface area contributed by atoms with Gasteiger partial charge in [-0.1, -0.05) is 0 Å². The summed E-state index contributed by atoms with van der Waals surface area (Å²) in [6.07, 6.45) is 4.43. The molecule has 4 nitrogen and oxygen atoms in total. The third kappa shape index (κ3) is 2.10. The van der Waals surface area contributed by atoms with E-state index in [1.165, 1.54) is 0 Å². The van der Waals surface area contributed by atoms with Gasteiger partial charge in [-0.15, -0.1) is 0 Å². The minimum atomic E-state index is 0.257. The summed E-state index contributed by atoms with van der Waals surface area (Å²) in [5.74, 6) is 3.21. The molecule has 2 amide bonds. The molecule has 2 saturated carbocycles. The monoisotopic (exact) mass is 304 g/mol. The molecule has 4 atom stereocenters. The zero-order chi connectivity index (χ0) is 15.6. The maximum absolute atomic E-state index is 12.5. The van der Waals surface area contributed by atoms with Gasteiger partial charge in [0.15, 0.2) is 0 Å². The Morgan fingerprint density at radius 3 is 2.45 bits per heavy atom. The van der Waals surface area contributed by atoms with Crippen LogP contribution in [-0.4, -0.2) is 46.8 Å². The van der Waals surface area contributed by atoms with Crippen molar-refractivity contribution in [1.82, 2.24) is 9.80 Å². The zero-order valence-electron chi connectivity index (χ0n) is 14.0. The Labute approximate surface area is 133 Å². The number of hydrogen-bond acceptors (Lipinski definition) is 2. The second-order valence-corrected chi connectivity index (χ2v) is 8.38. The maximum atomic E-state index is 12.5. The van der Waals surface area contributed by atoms with Crippen LogP contribution < -0.4 is 0 Å². The number of fused-ring (bicyclic) bond motifs is 3. The first-order chi connectivity index (χ1) is 10.5. The molecule has 122 valence electrons. The zero-order valence-corrected chi connectivity index (χ0v) is 14.0. The summed E-state index contributed by atoms with van der Waals surface area (Å²) in [6, 6.07) is 0.636. The molecule has 0 aromatic carbocycles. The van der Waals surface area contributed by atoms with E-state index in [1.54, 1.807) is 0 Å². The van der Waals surface area contributed by atoms with E-state index in [4.69, 9.17) is 0 Å². The Kier molecular flexibility index (Phi) is 3.28. The van der Waals surface area contributed by atoms with Crippen molar-refractivity contribution >= 4 is 11.8 Å². The Hall–Kier alpha value is -1.06. The molecule has 5 aliphatic rings. The minimum Gasteiger partial charge on any atom is -0.340 e. The highest BCUT2D eigenvalue weighted by Crippen LogP contribution is 2.55. The normalized spacial score (nSPS) is 41.4. The van der Waals surface area contributed by atoms with Crippen molar-refractivity contribution in [1.29, 1.82) is 0 Å². The molecule has 0 radical (unpaired) electrons. The smallest absolute Gasteiger partial charge is 0.226 e. The summed E-state index contributed by atoms with van der Waals surface area (Å²) in [5.41, 5.74) is 0. The topological polar surface area (TPSA) is 40.6 Å². The van der Waals surface area contributed by atoms with E-state index in [-0.39, 0.29) is 5.92 Å². The Balaban J connectivity index is 1.37. The lowest BCUT2D eigenvalue weighted by atomic mass is 9.70. The summed E-state index contributed by atoms with van der Waals surface area (Å²) in [7, 11) is 0. The number of carbonyl (C=O) groups is 2. The highest BCUT2D eigenvalue weighted by molar-refractivity contribution is 5.84. The van der Waals surface area contributed by atoms with Crippen LogP contribution in [0.5, 0.6) is 0 Å². The number of carbonyl (C=O) groups excluding carboxylic acids is 2. The quantitative estimate of drug-likeness (QED) is 0.798. The van der Waals surface area contributed by atoms with Crippen molar-refractivity contribution in [2.24, 2.45) is 29.6 Å². The molecule has 3 saturated heterocycles. The molecule has 2 aliphatic carbocycles. The summed E-state index contributed by atoms with van der Waals surface area (Å²) in [6.45, 7) is 8.30. The first kappa shape index (κ1) is 14.5. The second kappa shape index (κ2) is 4.97. The van der Waals surface area contributed by atoms with E-state index in [9.17, 15) is 9.59 Å². The minimum absolute atomic E-state index is 0.257. The van der Waals surface area contributed by atoms with E-state index >= 15 is 0 Å². The van der Waals surface area contributed by atoms with Gasteiger partial charge < -0.3 is 9.80 Å². The molecule has 0 spiro atoms. The van der Waals surface area contributed by atoms with Crippen LogP contribution in [0.3, 0.4) is 0 Å². The molecule has 0 aromatic rings. The first-order valence-electron chi connectivity index (χ1n) is 9.08. The van der Waals surface area contributed by atoms with E-state index in [1.807, 2.05) is 4.90 Å². The molecule has 3 heterocycles. The van der Waals surface area contributed by atoms with Crippen molar-refractivity contribution in [2.45, 2.75) is 58.5 Å². The maximum Gasteiger partial charge on any atom is 0.226 e. The Morgan fingerprint density at radius 1 is 1.09 bits per heavy atom. The number of rotatable bonds is 4. The van der Waals surface area contributed by atoms with Crippen molar-refractivity contribution < 1.29 is 9.59 Å². The summed E-state index contributed by atoms with van der Waals surface area (Å²) in [4.78, 5) is 29.1. The lowest BCUT2D eigenvalue weighted by Gasteiger charge is -2.48. The molecule has 2 bridgehead atoms. The van der Waals surface area contributed by atoms with Crippen molar-refractivity contribution in [3.05, 3.63) is 0 Å².